The smallest absolute Gasteiger partial charge is 0.239 e. The molecule has 0 radical (unpaired) electrons. The van der Waals surface area contributed by atoms with Crippen molar-refractivity contribution in [3.05, 3.63) is 71.3 Å². The van der Waals surface area contributed by atoms with Crippen LogP contribution < -0.4 is 0 Å². The number of hydrogen-bond donors (Lipinski definition) is 2. The van der Waals surface area contributed by atoms with Gasteiger partial charge < -0.3 is 9.67 Å². The third-order valence-electron chi connectivity index (χ3n) is 3.36. The van der Waals surface area contributed by atoms with Crippen molar-refractivity contribution in [3.8, 4) is 0 Å². The van der Waals surface area contributed by atoms with Crippen LogP contribution in [0.5, 0.6) is 0 Å². The first-order chi connectivity index (χ1) is 11.1. The number of aromatic amines is 1. The molecule has 0 aliphatic rings. The SMILES string of the molecule is Cc1ccc(Cn2ccc(C(=O)C=C(O)c3nn[nH]n3)c2)cc1. The zero-order valence-corrected chi connectivity index (χ0v) is 12.5. The lowest BCUT2D eigenvalue weighted by Gasteiger charge is -2.03. The summed E-state index contributed by atoms with van der Waals surface area (Å²) in [5, 5.41) is 22.5. The maximum Gasteiger partial charge on any atom is 0.239 e. The van der Waals surface area contributed by atoms with Crippen LogP contribution in [-0.4, -0.2) is 36.1 Å². The van der Waals surface area contributed by atoms with E-state index in [9.17, 15) is 9.90 Å². The molecule has 116 valence electrons. The van der Waals surface area contributed by atoms with Crippen LogP contribution in [0.25, 0.3) is 5.76 Å². The van der Waals surface area contributed by atoms with E-state index in [4.69, 9.17) is 0 Å². The van der Waals surface area contributed by atoms with E-state index in [1.807, 2.05) is 17.7 Å². The van der Waals surface area contributed by atoms with Gasteiger partial charge in [0.2, 0.25) is 5.82 Å². The topological polar surface area (TPSA) is 96.7 Å². The standard InChI is InChI=1S/C16H15N5O2/c1-11-2-4-12(5-3-11)9-21-7-6-13(10-21)14(22)8-15(23)16-17-19-20-18-16/h2-8,10,23H,9H2,1H3,(H,17,18,19,20). The molecule has 0 spiro atoms. The number of carbonyl (C=O) groups is 1. The zero-order chi connectivity index (χ0) is 16.2. The molecular formula is C16H15N5O2. The Balaban J connectivity index is 1.72. The summed E-state index contributed by atoms with van der Waals surface area (Å²) in [7, 11) is 0. The van der Waals surface area contributed by atoms with Gasteiger partial charge in [-0.15, -0.1) is 10.2 Å². The van der Waals surface area contributed by atoms with Gasteiger partial charge in [-0.25, -0.2) is 0 Å². The van der Waals surface area contributed by atoms with Gasteiger partial charge in [-0.2, -0.15) is 5.21 Å². The van der Waals surface area contributed by atoms with Gasteiger partial charge in [0, 0.05) is 30.6 Å². The number of carbonyl (C=O) groups excluding carboxylic acids is 1. The van der Waals surface area contributed by atoms with Crippen molar-refractivity contribution >= 4 is 11.5 Å². The number of hydrogen-bond acceptors (Lipinski definition) is 5. The Morgan fingerprint density at radius 1 is 1.30 bits per heavy atom. The van der Waals surface area contributed by atoms with Crippen LogP contribution >= 0.6 is 0 Å². The summed E-state index contributed by atoms with van der Waals surface area (Å²) >= 11 is 0. The second-order valence-electron chi connectivity index (χ2n) is 5.19. The van der Waals surface area contributed by atoms with Crippen LogP contribution in [-0.2, 0) is 6.54 Å². The first kappa shape index (κ1) is 14.7. The molecule has 0 saturated carbocycles. The summed E-state index contributed by atoms with van der Waals surface area (Å²) in [5.74, 6) is -0.664. The van der Waals surface area contributed by atoms with E-state index in [0.717, 1.165) is 11.6 Å². The maximum absolute atomic E-state index is 12.1. The van der Waals surface area contributed by atoms with E-state index in [1.165, 1.54) is 5.56 Å². The van der Waals surface area contributed by atoms with Gasteiger partial charge in [0.15, 0.2) is 11.5 Å². The molecule has 0 bridgehead atoms. The van der Waals surface area contributed by atoms with Crippen LogP contribution in [0.4, 0.5) is 0 Å². The average molecular weight is 309 g/mol. The second-order valence-corrected chi connectivity index (χ2v) is 5.19. The maximum atomic E-state index is 12.1. The van der Waals surface area contributed by atoms with Gasteiger partial charge in [-0.05, 0) is 23.8 Å². The highest BCUT2D eigenvalue weighted by Crippen LogP contribution is 2.11. The third-order valence-corrected chi connectivity index (χ3v) is 3.36. The molecule has 7 heteroatoms. The van der Waals surface area contributed by atoms with Crippen molar-refractivity contribution in [1.29, 1.82) is 0 Å². The zero-order valence-electron chi connectivity index (χ0n) is 12.5. The summed E-state index contributed by atoms with van der Waals surface area (Å²) in [6, 6.07) is 9.92. The van der Waals surface area contributed by atoms with E-state index in [0.29, 0.717) is 12.1 Å². The fourth-order valence-electron chi connectivity index (χ4n) is 2.13. The normalized spacial score (nSPS) is 11.6. The number of rotatable bonds is 5. The van der Waals surface area contributed by atoms with Gasteiger partial charge in [0.1, 0.15) is 0 Å². The Bertz CT molecular complexity index is 832. The van der Waals surface area contributed by atoms with E-state index in [2.05, 4.69) is 44.9 Å². The van der Waals surface area contributed by atoms with E-state index in [-0.39, 0.29) is 17.4 Å². The number of H-pyrrole nitrogens is 1. The van der Waals surface area contributed by atoms with Gasteiger partial charge >= 0.3 is 0 Å². The fourth-order valence-corrected chi connectivity index (χ4v) is 2.13. The quantitative estimate of drug-likeness (QED) is 0.427. The first-order valence-electron chi connectivity index (χ1n) is 7.02. The van der Waals surface area contributed by atoms with Crippen molar-refractivity contribution in [2.75, 3.05) is 0 Å². The van der Waals surface area contributed by atoms with Crippen molar-refractivity contribution in [1.82, 2.24) is 25.2 Å². The van der Waals surface area contributed by atoms with Crippen LogP contribution in [0.3, 0.4) is 0 Å². The van der Waals surface area contributed by atoms with E-state index in [1.54, 1.807) is 12.3 Å². The molecule has 7 nitrogen and oxygen atoms in total. The van der Waals surface area contributed by atoms with Gasteiger partial charge in [-0.3, -0.25) is 4.79 Å². The van der Waals surface area contributed by atoms with Crippen molar-refractivity contribution in [3.63, 3.8) is 0 Å². The Morgan fingerprint density at radius 3 is 2.78 bits per heavy atom. The molecule has 0 unspecified atom stereocenters. The number of allylic oxidation sites excluding steroid dienone is 1. The average Bonchev–Trinajstić information content (AvgIpc) is 3.21. The summed E-state index contributed by atoms with van der Waals surface area (Å²) in [6.07, 6.45) is 4.64. The molecule has 0 atom stereocenters. The molecule has 2 heterocycles. The van der Waals surface area contributed by atoms with Gasteiger partial charge in [0.05, 0.1) is 0 Å². The largest absolute Gasteiger partial charge is 0.504 e. The van der Waals surface area contributed by atoms with Crippen LogP contribution in [0.1, 0.15) is 27.3 Å². The van der Waals surface area contributed by atoms with E-state index < -0.39 is 0 Å². The van der Waals surface area contributed by atoms with Crippen LogP contribution in [0.15, 0.2) is 48.8 Å². The molecule has 3 aromatic rings. The predicted molar refractivity (Wildman–Crippen MR) is 83.8 cm³/mol. The number of nitrogens with one attached hydrogen (secondary N) is 1. The number of benzene rings is 1. The van der Waals surface area contributed by atoms with Gasteiger partial charge in [0.25, 0.3) is 0 Å². The lowest BCUT2D eigenvalue weighted by Crippen LogP contribution is -1.99. The highest BCUT2D eigenvalue weighted by Gasteiger charge is 2.10. The summed E-state index contributed by atoms with van der Waals surface area (Å²) in [5.41, 5.74) is 2.83. The molecular weight excluding hydrogens is 294 g/mol. The van der Waals surface area contributed by atoms with E-state index >= 15 is 0 Å². The second kappa shape index (κ2) is 6.27. The Labute approximate surface area is 132 Å². The summed E-state index contributed by atoms with van der Waals surface area (Å²) in [4.78, 5) is 12.1. The Kier molecular flexibility index (Phi) is 4.01. The molecule has 0 aliphatic heterocycles. The monoisotopic (exact) mass is 309 g/mol. The number of aromatic nitrogens is 5. The Hall–Kier alpha value is -3.22. The minimum atomic E-state index is -0.324. The molecule has 0 amide bonds. The molecule has 23 heavy (non-hydrogen) atoms. The molecule has 2 N–H and O–H groups in total. The number of tetrazole rings is 1. The molecule has 0 aliphatic carbocycles. The molecule has 2 aromatic heterocycles. The molecule has 0 saturated heterocycles. The number of aliphatic hydroxyl groups excluding tert-OH is 1. The number of ketones is 1. The minimum absolute atomic E-state index is 0.0163. The first-order valence-corrected chi connectivity index (χ1v) is 7.02. The number of aliphatic hydroxyl groups is 1. The van der Waals surface area contributed by atoms with Crippen molar-refractivity contribution in [2.45, 2.75) is 13.5 Å². The summed E-state index contributed by atoms with van der Waals surface area (Å²) in [6.45, 7) is 2.72. The van der Waals surface area contributed by atoms with Crippen molar-refractivity contribution < 1.29 is 9.90 Å². The predicted octanol–water partition coefficient (Wildman–Crippen LogP) is 2.14. The minimum Gasteiger partial charge on any atom is -0.504 e. The van der Waals surface area contributed by atoms with Crippen LogP contribution in [0.2, 0.25) is 0 Å². The Morgan fingerprint density at radius 2 is 2.09 bits per heavy atom. The highest BCUT2D eigenvalue weighted by atomic mass is 16.3. The molecule has 1 aromatic carbocycles. The number of aryl methyl sites for hydroxylation is 1. The lowest BCUT2D eigenvalue weighted by molar-refractivity contribution is 0.104. The summed E-state index contributed by atoms with van der Waals surface area (Å²) < 4.78 is 1.91. The van der Waals surface area contributed by atoms with Crippen LogP contribution in [0, 0.1) is 6.92 Å². The molecule has 0 fully saturated rings. The van der Waals surface area contributed by atoms with Crippen molar-refractivity contribution in [2.24, 2.45) is 0 Å². The lowest BCUT2D eigenvalue weighted by atomic mass is 10.1. The number of nitrogens with zero attached hydrogens (tertiary/aromatic N) is 4. The fraction of sp³-hybridized carbons (Fsp3) is 0.125. The molecule has 3 rings (SSSR count). The highest BCUT2D eigenvalue weighted by molar-refractivity contribution is 6.07. The van der Waals surface area contributed by atoms with Gasteiger partial charge in [-0.1, -0.05) is 29.8 Å². The third kappa shape index (κ3) is 3.52.